The third kappa shape index (κ3) is 3.64. The summed E-state index contributed by atoms with van der Waals surface area (Å²) >= 11 is 3.13. The van der Waals surface area contributed by atoms with Gasteiger partial charge < -0.3 is 0 Å². The van der Waals surface area contributed by atoms with Gasteiger partial charge in [-0.2, -0.15) is 0 Å². The van der Waals surface area contributed by atoms with Crippen LogP contribution >= 0.6 is 22.7 Å². The van der Waals surface area contributed by atoms with E-state index in [4.69, 9.17) is 0 Å². The molecule has 0 aliphatic heterocycles. The summed E-state index contributed by atoms with van der Waals surface area (Å²) in [5.74, 6) is -0.948. The summed E-state index contributed by atoms with van der Waals surface area (Å²) < 4.78 is 0. The molecule has 45 heavy (non-hydrogen) atoms. The second-order valence-corrected chi connectivity index (χ2v) is 14.5. The molecule has 0 radical (unpaired) electrons. The van der Waals surface area contributed by atoms with Gasteiger partial charge in [0.25, 0.3) is 0 Å². The lowest BCUT2D eigenvalue weighted by molar-refractivity contribution is 0.0975. The Balaban J connectivity index is 1.08. The van der Waals surface area contributed by atoms with Crippen LogP contribution in [-0.2, 0) is 5.41 Å². The van der Waals surface area contributed by atoms with Crippen LogP contribution in [0.2, 0.25) is 0 Å². The van der Waals surface area contributed by atoms with Crippen molar-refractivity contribution >= 4 is 79.5 Å². The number of hydrogen-bond acceptors (Lipinski definition) is 6. The molecule has 2 aromatic heterocycles. The Kier molecular flexibility index (Phi) is 5.28. The topological polar surface area (TPSA) is 68.3 Å². The van der Waals surface area contributed by atoms with Crippen molar-refractivity contribution in [2.24, 2.45) is 0 Å². The number of carbonyl (C=O) groups is 4. The van der Waals surface area contributed by atoms with E-state index in [2.05, 4.69) is 26.0 Å². The van der Waals surface area contributed by atoms with E-state index in [0.717, 1.165) is 52.2 Å². The minimum absolute atomic E-state index is 0.195. The number of ketones is 4. The summed E-state index contributed by atoms with van der Waals surface area (Å²) in [6.45, 7) is 4.32. The highest BCUT2D eigenvalue weighted by molar-refractivity contribution is 7.23. The first kappa shape index (κ1) is 26.4. The van der Waals surface area contributed by atoms with Crippen molar-refractivity contribution in [3.8, 4) is 9.75 Å². The van der Waals surface area contributed by atoms with Crippen LogP contribution in [0.15, 0.2) is 96.1 Å². The second kappa shape index (κ2) is 9.00. The lowest BCUT2D eigenvalue weighted by Crippen LogP contribution is -2.13. The maximum atomic E-state index is 13.4. The number of hydrogen-bond donors (Lipinski definition) is 0. The molecule has 9 rings (SSSR count). The predicted octanol–water partition coefficient (Wildman–Crippen LogP) is 9.35. The average Bonchev–Trinajstić information content (AvgIpc) is 3.80. The zero-order valence-corrected chi connectivity index (χ0v) is 25.8. The highest BCUT2D eigenvalue weighted by Gasteiger charge is 2.40. The van der Waals surface area contributed by atoms with Crippen molar-refractivity contribution in [1.29, 1.82) is 0 Å². The molecule has 6 heteroatoms. The van der Waals surface area contributed by atoms with Gasteiger partial charge in [0.15, 0.2) is 23.1 Å². The van der Waals surface area contributed by atoms with Crippen LogP contribution in [0.5, 0.6) is 0 Å². The third-order valence-corrected chi connectivity index (χ3v) is 11.7. The normalized spacial score (nSPS) is 16.0. The molecular weight excluding hydrogens is 597 g/mol. The molecular formula is C39H22O4S2. The standard InChI is InChI=1S/C39H22O4S2/c1-39(2)31-17-23(15-29-33(40)25-11-19-7-3-4-8-20(19)12-26(25)34(29)41)44-37(31)38-32(39)18-24(45-38)16-30-35(42)27-13-21-9-5-6-10-22(21)14-28(27)36(30)43/h3-18H,1-2H3. The van der Waals surface area contributed by atoms with Crippen LogP contribution in [0.1, 0.15) is 76.2 Å². The molecule has 0 fully saturated rings. The van der Waals surface area contributed by atoms with Crippen LogP contribution in [-0.4, -0.2) is 23.1 Å². The molecule has 4 aromatic carbocycles. The minimum atomic E-state index is -0.320. The predicted molar refractivity (Wildman–Crippen MR) is 181 cm³/mol. The Morgan fingerprint density at radius 1 is 0.489 bits per heavy atom. The number of carbonyl (C=O) groups excluding carboxylic acids is 4. The van der Waals surface area contributed by atoms with E-state index in [1.165, 1.54) is 0 Å². The molecule has 0 atom stereocenters. The van der Waals surface area contributed by atoms with E-state index < -0.39 is 0 Å². The zero-order chi connectivity index (χ0) is 30.8. The lowest BCUT2D eigenvalue weighted by atomic mass is 9.83. The molecule has 3 aliphatic carbocycles. The van der Waals surface area contributed by atoms with Crippen LogP contribution in [0, 0.1) is 0 Å². The monoisotopic (exact) mass is 618 g/mol. The Bertz CT molecular complexity index is 2200. The molecule has 0 amide bonds. The van der Waals surface area contributed by atoms with Crippen molar-refractivity contribution < 1.29 is 19.2 Å². The zero-order valence-electron chi connectivity index (χ0n) is 24.2. The van der Waals surface area contributed by atoms with E-state index >= 15 is 0 Å². The SMILES string of the molecule is CC1(C)c2cc(C=C3C(=O)c4cc5ccccc5cc4C3=O)sc2-c2sc(C=C3C(=O)c4cc5ccccc5cc4C3=O)cc21. The Morgan fingerprint density at radius 2 is 0.800 bits per heavy atom. The molecule has 214 valence electrons. The second-order valence-electron chi connectivity index (χ2n) is 12.3. The fourth-order valence-electron chi connectivity index (χ4n) is 6.94. The summed E-state index contributed by atoms with van der Waals surface area (Å²) in [5, 5.41) is 3.74. The van der Waals surface area contributed by atoms with Gasteiger partial charge in [-0.05, 0) is 81.2 Å². The Hall–Kier alpha value is -5.04. The number of benzene rings is 4. The van der Waals surface area contributed by atoms with E-state index in [0.29, 0.717) is 22.3 Å². The summed E-state index contributed by atoms with van der Waals surface area (Å²) in [6, 6.07) is 26.9. The van der Waals surface area contributed by atoms with Crippen molar-refractivity contribution in [2.75, 3.05) is 0 Å². The van der Waals surface area contributed by atoms with E-state index in [1.54, 1.807) is 34.8 Å². The maximum Gasteiger partial charge on any atom is 0.197 e. The van der Waals surface area contributed by atoms with Crippen LogP contribution in [0.25, 0.3) is 43.5 Å². The van der Waals surface area contributed by atoms with Crippen molar-refractivity contribution in [1.82, 2.24) is 0 Å². The molecule has 0 spiro atoms. The van der Waals surface area contributed by atoms with Gasteiger partial charge in [0, 0.05) is 47.2 Å². The fourth-order valence-corrected chi connectivity index (χ4v) is 9.62. The van der Waals surface area contributed by atoms with Crippen molar-refractivity contribution in [2.45, 2.75) is 19.3 Å². The largest absolute Gasteiger partial charge is 0.288 e. The number of thiophene rings is 2. The highest BCUT2D eigenvalue weighted by atomic mass is 32.1. The van der Waals surface area contributed by atoms with Gasteiger partial charge in [-0.3, -0.25) is 19.2 Å². The molecule has 0 unspecified atom stereocenters. The summed E-state index contributed by atoms with van der Waals surface area (Å²) in [6.07, 6.45) is 3.48. The van der Waals surface area contributed by atoms with Gasteiger partial charge in [-0.25, -0.2) is 0 Å². The smallest absolute Gasteiger partial charge is 0.197 e. The molecule has 0 bridgehead atoms. The maximum absolute atomic E-state index is 13.4. The number of allylic oxidation sites excluding steroid dienone is 2. The van der Waals surface area contributed by atoms with Gasteiger partial charge in [0.2, 0.25) is 0 Å². The van der Waals surface area contributed by atoms with Gasteiger partial charge in [-0.1, -0.05) is 62.4 Å². The van der Waals surface area contributed by atoms with Gasteiger partial charge in [0.1, 0.15) is 0 Å². The Labute approximate surface area is 266 Å². The first-order valence-electron chi connectivity index (χ1n) is 14.7. The highest BCUT2D eigenvalue weighted by Crippen LogP contribution is 2.56. The Morgan fingerprint density at radius 3 is 1.11 bits per heavy atom. The number of Topliss-reactive ketones (excluding diaryl/α,β-unsaturated/α-hetero) is 4. The van der Waals surface area contributed by atoms with Gasteiger partial charge in [0.05, 0.1) is 11.1 Å². The van der Waals surface area contributed by atoms with Gasteiger partial charge in [-0.15, -0.1) is 22.7 Å². The van der Waals surface area contributed by atoms with E-state index in [-0.39, 0.29) is 39.7 Å². The first-order chi connectivity index (χ1) is 21.7. The fraction of sp³-hybridized carbons (Fsp3) is 0.0769. The van der Waals surface area contributed by atoms with Crippen LogP contribution in [0.4, 0.5) is 0 Å². The number of rotatable bonds is 2. The summed E-state index contributed by atoms with van der Waals surface area (Å²) in [5.41, 5.74) is 4.19. The van der Waals surface area contributed by atoms with Crippen molar-refractivity contribution in [3.05, 3.63) is 139 Å². The van der Waals surface area contributed by atoms with Gasteiger partial charge >= 0.3 is 0 Å². The molecule has 0 saturated carbocycles. The van der Waals surface area contributed by atoms with Crippen LogP contribution < -0.4 is 0 Å². The lowest BCUT2D eigenvalue weighted by Gasteiger charge is -2.18. The minimum Gasteiger partial charge on any atom is -0.288 e. The average molecular weight is 619 g/mol. The summed E-state index contributed by atoms with van der Waals surface area (Å²) in [7, 11) is 0. The molecule has 0 saturated heterocycles. The first-order valence-corrected chi connectivity index (χ1v) is 16.3. The molecule has 0 N–H and O–H groups in total. The molecule has 6 aromatic rings. The van der Waals surface area contributed by atoms with E-state index in [1.807, 2.05) is 72.8 Å². The molecule has 3 aliphatic rings. The number of fused-ring (bicyclic) bond motifs is 7. The molecule has 2 heterocycles. The van der Waals surface area contributed by atoms with Crippen molar-refractivity contribution in [3.63, 3.8) is 0 Å². The van der Waals surface area contributed by atoms with E-state index in [9.17, 15) is 19.2 Å². The quantitative estimate of drug-likeness (QED) is 0.143. The van der Waals surface area contributed by atoms with Crippen LogP contribution in [0.3, 0.4) is 0 Å². The third-order valence-electron chi connectivity index (χ3n) is 9.36. The summed E-state index contributed by atoms with van der Waals surface area (Å²) in [4.78, 5) is 57.4. The molecule has 4 nitrogen and oxygen atoms in total.